The Morgan fingerprint density at radius 2 is 1.38 bits per heavy atom. The summed E-state index contributed by atoms with van der Waals surface area (Å²) in [4.78, 5) is 18.8. The van der Waals surface area contributed by atoms with E-state index < -0.39 is 0 Å². The molecular formula is C22H16N2O2. The number of nitrogens with zero attached hydrogens (tertiary/aromatic N) is 1. The molecule has 0 unspecified atom stereocenters. The van der Waals surface area contributed by atoms with Gasteiger partial charge in [-0.05, 0) is 29.3 Å². The number of hydrogen-bond acceptors (Lipinski definition) is 3. The first-order valence-corrected chi connectivity index (χ1v) is 8.26. The summed E-state index contributed by atoms with van der Waals surface area (Å²) in [7, 11) is 0. The molecule has 1 heterocycles. The lowest BCUT2D eigenvalue weighted by Crippen LogP contribution is -2.07. The van der Waals surface area contributed by atoms with Gasteiger partial charge in [-0.1, -0.05) is 60.7 Å². The van der Waals surface area contributed by atoms with Gasteiger partial charge in [-0.2, -0.15) is 0 Å². The van der Waals surface area contributed by atoms with Gasteiger partial charge in [0.2, 0.25) is 5.88 Å². The molecule has 0 fully saturated rings. The highest BCUT2D eigenvalue weighted by Crippen LogP contribution is 2.24. The second-order valence-corrected chi connectivity index (χ2v) is 5.93. The van der Waals surface area contributed by atoms with Gasteiger partial charge in [0.25, 0.3) is 5.56 Å². The van der Waals surface area contributed by atoms with E-state index in [0.29, 0.717) is 16.3 Å². The number of aromatic nitrogens is 1. The highest BCUT2D eigenvalue weighted by atomic mass is 16.3. The normalized spacial score (nSPS) is 11.2. The van der Waals surface area contributed by atoms with Gasteiger partial charge in [-0.15, -0.1) is 0 Å². The number of nitrogens with one attached hydrogen (secondary N) is 1. The van der Waals surface area contributed by atoms with E-state index in [1.165, 1.54) is 0 Å². The number of hydrogen-bond donors (Lipinski definition) is 2. The van der Waals surface area contributed by atoms with Crippen LogP contribution in [0.3, 0.4) is 0 Å². The Morgan fingerprint density at radius 3 is 2.12 bits per heavy atom. The maximum absolute atomic E-state index is 11.9. The third-order valence-electron chi connectivity index (χ3n) is 4.27. The molecule has 0 bridgehead atoms. The maximum atomic E-state index is 11.9. The van der Waals surface area contributed by atoms with Gasteiger partial charge in [0.05, 0.1) is 11.3 Å². The molecule has 1 aromatic heterocycles. The molecule has 0 amide bonds. The molecule has 0 saturated carbocycles. The Kier molecular flexibility index (Phi) is 4.07. The average Bonchev–Trinajstić information content (AvgIpc) is 2.69. The zero-order valence-electron chi connectivity index (χ0n) is 13.9. The zero-order valence-corrected chi connectivity index (χ0v) is 13.9. The number of pyridine rings is 1. The number of aliphatic imine (C=N–C) groups is 1. The second-order valence-electron chi connectivity index (χ2n) is 5.93. The lowest BCUT2D eigenvalue weighted by molar-refractivity contribution is 0.452. The Balaban J connectivity index is 1.69. The van der Waals surface area contributed by atoms with Crippen molar-refractivity contribution in [2.45, 2.75) is 0 Å². The van der Waals surface area contributed by atoms with Crippen LogP contribution in [0.4, 0.5) is 5.69 Å². The molecule has 4 heteroatoms. The quantitative estimate of drug-likeness (QED) is 0.533. The van der Waals surface area contributed by atoms with Crippen LogP contribution in [-0.2, 0) is 0 Å². The van der Waals surface area contributed by atoms with Crippen LogP contribution in [-0.4, -0.2) is 16.3 Å². The molecule has 0 spiro atoms. The highest BCUT2D eigenvalue weighted by Gasteiger charge is 2.08. The van der Waals surface area contributed by atoms with Crippen LogP contribution >= 0.6 is 0 Å². The van der Waals surface area contributed by atoms with Crippen molar-refractivity contribution in [2.75, 3.05) is 0 Å². The number of rotatable bonds is 3. The first-order valence-electron chi connectivity index (χ1n) is 8.26. The zero-order chi connectivity index (χ0) is 17.9. The molecule has 26 heavy (non-hydrogen) atoms. The van der Waals surface area contributed by atoms with Crippen molar-refractivity contribution in [3.05, 3.63) is 94.8 Å². The Bertz CT molecular complexity index is 1140. The third kappa shape index (κ3) is 3.00. The van der Waals surface area contributed by atoms with Crippen LogP contribution < -0.4 is 5.56 Å². The smallest absolute Gasteiger partial charge is 0.258 e. The number of aromatic hydroxyl groups is 1. The van der Waals surface area contributed by atoms with E-state index in [4.69, 9.17) is 0 Å². The standard InChI is InChI=1S/C22H16N2O2/c25-21-19-9-5-4-8-18(19)20(22(26)24-21)14-23-17-12-10-16(11-13-17)15-6-2-1-3-7-15/h1-14H,(H2,24,25,26). The molecule has 2 N–H and O–H groups in total. The largest absolute Gasteiger partial charge is 0.494 e. The SMILES string of the molecule is O=c1[nH]c(O)c(C=Nc2ccc(-c3ccccc3)cc2)c2ccccc12. The van der Waals surface area contributed by atoms with Gasteiger partial charge in [-0.3, -0.25) is 14.8 Å². The van der Waals surface area contributed by atoms with Crippen molar-refractivity contribution in [1.29, 1.82) is 0 Å². The fourth-order valence-electron chi connectivity index (χ4n) is 2.93. The van der Waals surface area contributed by atoms with Crippen molar-refractivity contribution < 1.29 is 5.11 Å². The van der Waals surface area contributed by atoms with Crippen LogP contribution in [0.25, 0.3) is 21.9 Å². The molecule has 126 valence electrons. The second kappa shape index (κ2) is 6.69. The summed E-state index contributed by atoms with van der Waals surface area (Å²) in [6, 6.07) is 25.1. The molecule has 4 aromatic rings. The molecule has 4 rings (SSSR count). The molecule has 0 aliphatic heterocycles. The molecule has 0 radical (unpaired) electrons. The van der Waals surface area contributed by atoms with Gasteiger partial charge in [0.15, 0.2) is 0 Å². The molecule has 4 nitrogen and oxygen atoms in total. The molecule has 3 aromatic carbocycles. The van der Waals surface area contributed by atoms with Gasteiger partial charge in [0.1, 0.15) is 0 Å². The maximum Gasteiger partial charge on any atom is 0.258 e. The molecule has 0 aliphatic carbocycles. The number of H-pyrrole nitrogens is 1. The van der Waals surface area contributed by atoms with Crippen molar-refractivity contribution in [3.8, 4) is 17.0 Å². The topological polar surface area (TPSA) is 65.5 Å². The van der Waals surface area contributed by atoms with E-state index in [-0.39, 0.29) is 11.4 Å². The van der Waals surface area contributed by atoms with Gasteiger partial charge in [0, 0.05) is 17.0 Å². The summed E-state index contributed by atoms with van der Waals surface area (Å²) < 4.78 is 0. The van der Waals surface area contributed by atoms with E-state index in [9.17, 15) is 9.90 Å². The van der Waals surface area contributed by atoms with Gasteiger partial charge < -0.3 is 5.11 Å². The van der Waals surface area contributed by atoms with Crippen LogP contribution in [0.1, 0.15) is 5.56 Å². The fraction of sp³-hybridized carbons (Fsp3) is 0. The summed E-state index contributed by atoms with van der Waals surface area (Å²) in [5, 5.41) is 11.3. The van der Waals surface area contributed by atoms with E-state index >= 15 is 0 Å². The van der Waals surface area contributed by atoms with Crippen molar-refractivity contribution in [3.63, 3.8) is 0 Å². The Labute approximate surface area is 150 Å². The van der Waals surface area contributed by atoms with Crippen LogP contribution in [0.15, 0.2) is 88.6 Å². The summed E-state index contributed by atoms with van der Waals surface area (Å²) in [6.07, 6.45) is 1.57. The highest BCUT2D eigenvalue weighted by molar-refractivity contribution is 6.01. The minimum atomic E-state index is -0.317. The van der Waals surface area contributed by atoms with E-state index in [1.807, 2.05) is 48.5 Å². The van der Waals surface area contributed by atoms with E-state index in [1.54, 1.807) is 24.4 Å². The molecular weight excluding hydrogens is 324 g/mol. The number of aromatic amines is 1. The summed E-state index contributed by atoms with van der Waals surface area (Å²) in [5.41, 5.74) is 3.20. The van der Waals surface area contributed by atoms with Crippen molar-refractivity contribution in [2.24, 2.45) is 4.99 Å². The van der Waals surface area contributed by atoms with Crippen LogP contribution in [0.5, 0.6) is 5.88 Å². The summed E-state index contributed by atoms with van der Waals surface area (Å²) in [6.45, 7) is 0. The van der Waals surface area contributed by atoms with Crippen LogP contribution in [0, 0.1) is 0 Å². The monoisotopic (exact) mass is 340 g/mol. The predicted molar refractivity (Wildman–Crippen MR) is 105 cm³/mol. The van der Waals surface area contributed by atoms with E-state index in [0.717, 1.165) is 16.8 Å². The lowest BCUT2D eigenvalue weighted by Gasteiger charge is -2.04. The summed E-state index contributed by atoms with van der Waals surface area (Å²) >= 11 is 0. The van der Waals surface area contributed by atoms with E-state index in [2.05, 4.69) is 22.1 Å². The minimum absolute atomic E-state index is 0.182. The number of fused-ring (bicyclic) bond motifs is 1. The first-order chi connectivity index (χ1) is 12.7. The average molecular weight is 340 g/mol. The molecule has 0 aliphatic rings. The molecule has 0 saturated heterocycles. The van der Waals surface area contributed by atoms with Crippen molar-refractivity contribution in [1.82, 2.24) is 4.98 Å². The number of benzene rings is 3. The van der Waals surface area contributed by atoms with Gasteiger partial charge in [-0.25, -0.2) is 0 Å². The van der Waals surface area contributed by atoms with Crippen molar-refractivity contribution >= 4 is 22.7 Å². The Morgan fingerprint density at radius 1 is 0.769 bits per heavy atom. The summed E-state index contributed by atoms with van der Waals surface area (Å²) in [5.74, 6) is -0.182. The minimum Gasteiger partial charge on any atom is -0.494 e. The third-order valence-corrected chi connectivity index (χ3v) is 4.27. The predicted octanol–water partition coefficient (Wildman–Crippen LogP) is 4.65. The Hall–Kier alpha value is -3.66. The first kappa shape index (κ1) is 15.8. The van der Waals surface area contributed by atoms with Crippen LogP contribution in [0.2, 0.25) is 0 Å². The van der Waals surface area contributed by atoms with Gasteiger partial charge >= 0.3 is 0 Å². The fourth-order valence-corrected chi connectivity index (χ4v) is 2.93. The molecule has 0 atom stereocenters. The lowest BCUT2D eigenvalue weighted by atomic mass is 10.1.